The highest BCUT2D eigenvalue weighted by Gasteiger charge is 2.08. The van der Waals surface area contributed by atoms with Crippen molar-refractivity contribution >= 4 is 17.2 Å². The van der Waals surface area contributed by atoms with Crippen LogP contribution in [-0.4, -0.2) is 24.5 Å². The zero-order chi connectivity index (χ0) is 15.2. The molecule has 1 aromatic heterocycles. The summed E-state index contributed by atoms with van der Waals surface area (Å²) in [5, 5.41) is 6.06. The predicted molar refractivity (Wildman–Crippen MR) is 85.2 cm³/mol. The summed E-state index contributed by atoms with van der Waals surface area (Å²) in [5.41, 5.74) is 1.76. The fourth-order valence-corrected chi connectivity index (χ4v) is 2.79. The molecule has 2 rings (SSSR count). The molecular weight excluding hydrogens is 284 g/mol. The van der Waals surface area contributed by atoms with Gasteiger partial charge >= 0.3 is 0 Å². The van der Waals surface area contributed by atoms with Gasteiger partial charge in [-0.15, -0.1) is 11.3 Å². The second-order valence-corrected chi connectivity index (χ2v) is 6.00. The third kappa shape index (κ3) is 4.29. The standard InChI is InChI=1S/C16H20N2O2S/c1-11(2)14-10-21-15(18-14)8-9-17-16(19)12-4-6-13(20-3)7-5-12/h4-7,10-11H,8-9H2,1-3H3,(H,17,19). The van der Waals surface area contributed by atoms with Gasteiger partial charge in [0.1, 0.15) is 5.75 Å². The third-order valence-corrected chi connectivity index (χ3v) is 4.06. The van der Waals surface area contributed by atoms with Crippen LogP contribution in [0.3, 0.4) is 0 Å². The third-order valence-electron chi connectivity index (χ3n) is 3.14. The number of nitrogens with one attached hydrogen (secondary N) is 1. The molecule has 0 saturated carbocycles. The van der Waals surface area contributed by atoms with Gasteiger partial charge in [0.2, 0.25) is 0 Å². The first-order valence-electron chi connectivity index (χ1n) is 6.96. The first-order valence-corrected chi connectivity index (χ1v) is 7.84. The molecule has 0 bridgehead atoms. The summed E-state index contributed by atoms with van der Waals surface area (Å²) >= 11 is 1.65. The van der Waals surface area contributed by atoms with Crippen LogP contribution in [0, 0.1) is 0 Å². The van der Waals surface area contributed by atoms with E-state index in [9.17, 15) is 4.79 Å². The SMILES string of the molecule is COc1ccc(C(=O)NCCc2nc(C(C)C)cs2)cc1. The van der Waals surface area contributed by atoms with Gasteiger partial charge in [-0.25, -0.2) is 4.98 Å². The monoisotopic (exact) mass is 304 g/mol. The van der Waals surface area contributed by atoms with Crippen molar-refractivity contribution in [1.29, 1.82) is 0 Å². The van der Waals surface area contributed by atoms with Gasteiger partial charge in [-0.1, -0.05) is 13.8 Å². The molecule has 0 fully saturated rings. The molecule has 0 spiro atoms. The second kappa shape index (κ2) is 7.22. The fraction of sp³-hybridized carbons (Fsp3) is 0.375. The second-order valence-electron chi connectivity index (χ2n) is 5.06. The lowest BCUT2D eigenvalue weighted by atomic mass is 10.2. The number of carbonyl (C=O) groups excluding carboxylic acids is 1. The van der Waals surface area contributed by atoms with Crippen molar-refractivity contribution in [3.63, 3.8) is 0 Å². The lowest BCUT2D eigenvalue weighted by Crippen LogP contribution is -2.25. The topological polar surface area (TPSA) is 51.2 Å². The minimum Gasteiger partial charge on any atom is -0.497 e. The Kier molecular flexibility index (Phi) is 5.33. The molecular formula is C16H20N2O2S. The van der Waals surface area contributed by atoms with Gasteiger partial charge in [0.05, 0.1) is 17.8 Å². The molecule has 5 heteroatoms. The smallest absolute Gasteiger partial charge is 0.251 e. The lowest BCUT2D eigenvalue weighted by molar-refractivity contribution is 0.0954. The number of hydrogen-bond acceptors (Lipinski definition) is 4. The van der Waals surface area contributed by atoms with Gasteiger partial charge in [-0.3, -0.25) is 4.79 Å². The summed E-state index contributed by atoms with van der Waals surface area (Å²) in [5.74, 6) is 1.12. The van der Waals surface area contributed by atoms with Crippen LogP contribution in [-0.2, 0) is 6.42 Å². The van der Waals surface area contributed by atoms with Crippen molar-refractivity contribution in [3.8, 4) is 5.75 Å². The quantitative estimate of drug-likeness (QED) is 0.891. The van der Waals surface area contributed by atoms with Crippen molar-refractivity contribution in [3.05, 3.63) is 45.9 Å². The first kappa shape index (κ1) is 15.5. The molecule has 0 aliphatic carbocycles. The number of benzene rings is 1. The maximum absolute atomic E-state index is 12.0. The Morgan fingerprint density at radius 1 is 1.33 bits per heavy atom. The Hall–Kier alpha value is -1.88. The summed E-state index contributed by atoms with van der Waals surface area (Å²) in [7, 11) is 1.61. The van der Waals surface area contributed by atoms with Crippen LogP contribution < -0.4 is 10.1 Å². The Morgan fingerprint density at radius 3 is 2.62 bits per heavy atom. The average molecular weight is 304 g/mol. The number of rotatable bonds is 6. The maximum atomic E-state index is 12.0. The Bertz CT molecular complexity index is 591. The molecule has 0 radical (unpaired) electrons. The average Bonchev–Trinajstić information content (AvgIpc) is 2.96. The Morgan fingerprint density at radius 2 is 2.05 bits per heavy atom. The van der Waals surface area contributed by atoms with Crippen molar-refractivity contribution < 1.29 is 9.53 Å². The van der Waals surface area contributed by atoms with Crippen molar-refractivity contribution in [2.45, 2.75) is 26.2 Å². The number of thiazole rings is 1. The van der Waals surface area contributed by atoms with Crippen LogP contribution in [0.15, 0.2) is 29.6 Å². The van der Waals surface area contributed by atoms with E-state index in [1.807, 2.05) is 0 Å². The van der Waals surface area contributed by atoms with Gasteiger partial charge in [0.15, 0.2) is 0 Å². The number of methoxy groups -OCH3 is 1. The summed E-state index contributed by atoms with van der Waals surface area (Å²) in [4.78, 5) is 16.5. The molecule has 1 amide bonds. The van der Waals surface area contributed by atoms with E-state index < -0.39 is 0 Å². The van der Waals surface area contributed by atoms with Gasteiger partial charge in [0, 0.05) is 23.9 Å². The molecule has 1 heterocycles. The molecule has 21 heavy (non-hydrogen) atoms. The van der Waals surface area contributed by atoms with Crippen LogP contribution in [0.5, 0.6) is 5.75 Å². The summed E-state index contributed by atoms with van der Waals surface area (Å²) in [6, 6.07) is 7.08. The lowest BCUT2D eigenvalue weighted by Gasteiger charge is -2.05. The number of carbonyl (C=O) groups is 1. The molecule has 2 aromatic rings. The zero-order valence-corrected chi connectivity index (χ0v) is 13.4. The molecule has 0 saturated heterocycles. The number of ether oxygens (including phenoxy) is 1. The van der Waals surface area contributed by atoms with E-state index in [1.54, 1.807) is 42.7 Å². The molecule has 1 N–H and O–H groups in total. The predicted octanol–water partition coefficient (Wildman–Crippen LogP) is 3.25. The van der Waals surface area contributed by atoms with Crippen LogP contribution in [0.2, 0.25) is 0 Å². The van der Waals surface area contributed by atoms with Crippen LogP contribution in [0.1, 0.15) is 40.8 Å². The molecule has 112 valence electrons. The molecule has 0 atom stereocenters. The van der Waals surface area contributed by atoms with Crippen molar-refractivity contribution in [2.75, 3.05) is 13.7 Å². The molecule has 0 aliphatic rings. The van der Waals surface area contributed by atoms with E-state index in [0.29, 0.717) is 18.0 Å². The molecule has 0 unspecified atom stereocenters. The summed E-state index contributed by atoms with van der Waals surface area (Å²) in [6.07, 6.45) is 0.763. The largest absolute Gasteiger partial charge is 0.497 e. The van der Waals surface area contributed by atoms with Gasteiger partial charge in [-0.05, 0) is 30.2 Å². The van der Waals surface area contributed by atoms with Crippen LogP contribution in [0.4, 0.5) is 0 Å². The summed E-state index contributed by atoms with van der Waals surface area (Å²) in [6.45, 7) is 4.85. The Labute approximate surface area is 129 Å². The van der Waals surface area contributed by atoms with E-state index in [-0.39, 0.29) is 5.91 Å². The Balaban J connectivity index is 1.82. The van der Waals surface area contributed by atoms with E-state index >= 15 is 0 Å². The highest BCUT2D eigenvalue weighted by atomic mass is 32.1. The van der Waals surface area contributed by atoms with Crippen molar-refractivity contribution in [2.24, 2.45) is 0 Å². The van der Waals surface area contributed by atoms with E-state index in [2.05, 4.69) is 29.5 Å². The minimum absolute atomic E-state index is 0.0710. The van der Waals surface area contributed by atoms with Crippen LogP contribution >= 0.6 is 11.3 Å². The maximum Gasteiger partial charge on any atom is 0.251 e. The highest BCUT2D eigenvalue weighted by molar-refractivity contribution is 7.09. The highest BCUT2D eigenvalue weighted by Crippen LogP contribution is 2.17. The molecule has 0 aliphatic heterocycles. The number of amides is 1. The molecule has 4 nitrogen and oxygen atoms in total. The number of nitrogens with zero attached hydrogens (tertiary/aromatic N) is 1. The normalized spacial score (nSPS) is 10.7. The zero-order valence-electron chi connectivity index (χ0n) is 12.6. The fourth-order valence-electron chi connectivity index (χ4n) is 1.83. The van der Waals surface area contributed by atoms with Crippen LogP contribution in [0.25, 0.3) is 0 Å². The van der Waals surface area contributed by atoms with Gasteiger partial charge in [-0.2, -0.15) is 0 Å². The van der Waals surface area contributed by atoms with Crippen molar-refractivity contribution in [1.82, 2.24) is 10.3 Å². The number of hydrogen-bond donors (Lipinski definition) is 1. The van der Waals surface area contributed by atoms with E-state index in [0.717, 1.165) is 22.9 Å². The first-order chi connectivity index (χ1) is 10.1. The minimum atomic E-state index is -0.0710. The molecule has 1 aromatic carbocycles. The van der Waals surface area contributed by atoms with Gasteiger partial charge < -0.3 is 10.1 Å². The number of aromatic nitrogens is 1. The van der Waals surface area contributed by atoms with E-state index in [1.165, 1.54) is 0 Å². The van der Waals surface area contributed by atoms with Gasteiger partial charge in [0.25, 0.3) is 5.91 Å². The summed E-state index contributed by atoms with van der Waals surface area (Å²) < 4.78 is 5.07. The van der Waals surface area contributed by atoms with E-state index in [4.69, 9.17) is 4.74 Å².